The highest BCUT2D eigenvalue weighted by Crippen LogP contribution is 2.49. The van der Waals surface area contributed by atoms with Gasteiger partial charge < -0.3 is 0 Å². The first-order valence-electron chi connectivity index (χ1n) is 7.01. The van der Waals surface area contributed by atoms with Crippen LogP contribution in [0.5, 0.6) is 0 Å². The highest BCUT2D eigenvalue weighted by molar-refractivity contribution is 7.99. The van der Waals surface area contributed by atoms with Gasteiger partial charge >= 0.3 is 0 Å². The van der Waals surface area contributed by atoms with Crippen molar-refractivity contribution in [3.63, 3.8) is 0 Å². The lowest BCUT2D eigenvalue weighted by Gasteiger charge is -2.29. The number of Topliss-reactive ketones (excluding diaryl/α,β-unsaturated/α-hetero) is 1. The summed E-state index contributed by atoms with van der Waals surface area (Å²) in [6, 6.07) is 11.1. The molecular formula is C17H12Cl4OS. The first-order valence-corrected chi connectivity index (χ1v) is 9.46. The number of hydrogen-bond donors (Lipinski definition) is 0. The topological polar surface area (TPSA) is 17.1 Å². The van der Waals surface area contributed by atoms with Crippen LogP contribution in [0.2, 0.25) is 20.1 Å². The number of ketones is 1. The Morgan fingerprint density at radius 2 is 1.17 bits per heavy atom. The molecule has 23 heavy (non-hydrogen) atoms. The van der Waals surface area contributed by atoms with Crippen LogP contribution in [0.25, 0.3) is 0 Å². The number of rotatable bonds is 2. The van der Waals surface area contributed by atoms with Crippen LogP contribution >= 0.6 is 58.2 Å². The number of carbonyl (C=O) groups excluding carboxylic acids is 1. The molecule has 1 aliphatic heterocycles. The second kappa shape index (κ2) is 7.25. The van der Waals surface area contributed by atoms with Crippen LogP contribution in [-0.4, -0.2) is 5.78 Å². The molecular weight excluding hydrogens is 394 g/mol. The molecule has 1 saturated heterocycles. The van der Waals surface area contributed by atoms with Gasteiger partial charge in [0.05, 0.1) is 20.1 Å². The number of hydrogen-bond acceptors (Lipinski definition) is 2. The lowest BCUT2D eigenvalue weighted by Crippen LogP contribution is -2.16. The van der Waals surface area contributed by atoms with Crippen LogP contribution in [0.1, 0.15) is 34.5 Å². The van der Waals surface area contributed by atoms with Crippen molar-refractivity contribution in [2.45, 2.75) is 23.3 Å². The number of halogens is 4. The lowest BCUT2D eigenvalue weighted by molar-refractivity contribution is -0.119. The van der Waals surface area contributed by atoms with E-state index in [0.29, 0.717) is 32.9 Å². The minimum Gasteiger partial charge on any atom is -0.300 e. The molecule has 0 aromatic heterocycles. The van der Waals surface area contributed by atoms with E-state index in [-0.39, 0.29) is 16.3 Å². The van der Waals surface area contributed by atoms with E-state index < -0.39 is 0 Å². The second-order valence-electron chi connectivity index (χ2n) is 5.41. The fourth-order valence-electron chi connectivity index (χ4n) is 2.61. The van der Waals surface area contributed by atoms with Gasteiger partial charge in [-0.15, -0.1) is 11.8 Å². The van der Waals surface area contributed by atoms with E-state index in [1.54, 1.807) is 23.9 Å². The van der Waals surface area contributed by atoms with Crippen LogP contribution in [-0.2, 0) is 4.79 Å². The van der Waals surface area contributed by atoms with E-state index in [9.17, 15) is 4.79 Å². The molecule has 2 aromatic rings. The van der Waals surface area contributed by atoms with Gasteiger partial charge in [-0.3, -0.25) is 4.79 Å². The average molecular weight is 406 g/mol. The molecule has 6 heteroatoms. The van der Waals surface area contributed by atoms with Gasteiger partial charge in [0.1, 0.15) is 5.78 Å². The molecule has 0 spiro atoms. The van der Waals surface area contributed by atoms with Gasteiger partial charge in [0, 0.05) is 23.3 Å². The zero-order chi connectivity index (χ0) is 16.6. The summed E-state index contributed by atoms with van der Waals surface area (Å²) in [5.74, 6) is 0.232. The summed E-state index contributed by atoms with van der Waals surface area (Å²) >= 11 is 25.9. The van der Waals surface area contributed by atoms with Gasteiger partial charge in [-0.2, -0.15) is 0 Å². The van der Waals surface area contributed by atoms with Crippen LogP contribution in [0.3, 0.4) is 0 Å². The third-order valence-corrected chi connectivity index (χ3v) is 6.80. The Morgan fingerprint density at radius 3 is 1.57 bits per heavy atom. The minimum absolute atomic E-state index is 0.0606. The summed E-state index contributed by atoms with van der Waals surface area (Å²) in [6.07, 6.45) is 1.00. The molecule has 120 valence electrons. The van der Waals surface area contributed by atoms with Gasteiger partial charge in [-0.25, -0.2) is 0 Å². The standard InChI is InChI=1S/C17H12Cl4OS/c18-12-3-1-9(5-14(12)20)16-7-11(22)8-17(23-16)10-2-4-13(19)15(21)6-10/h1-6,16-17H,7-8H2/t16-,17-/m0/s1. The van der Waals surface area contributed by atoms with Crippen molar-refractivity contribution >= 4 is 63.9 Å². The minimum atomic E-state index is 0.0606. The van der Waals surface area contributed by atoms with Gasteiger partial charge in [-0.05, 0) is 35.4 Å². The predicted molar refractivity (Wildman–Crippen MR) is 100 cm³/mol. The third-order valence-electron chi connectivity index (χ3n) is 3.79. The highest BCUT2D eigenvalue weighted by atomic mass is 35.5. The maximum atomic E-state index is 12.2. The fraction of sp³-hybridized carbons (Fsp3) is 0.235. The van der Waals surface area contributed by atoms with Crippen molar-refractivity contribution in [1.29, 1.82) is 0 Å². The quantitative estimate of drug-likeness (QED) is 0.526. The van der Waals surface area contributed by atoms with Gasteiger partial charge in [-0.1, -0.05) is 58.5 Å². The zero-order valence-electron chi connectivity index (χ0n) is 11.9. The summed E-state index contributed by atoms with van der Waals surface area (Å²) in [5, 5.41) is 2.17. The van der Waals surface area contributed by atoms with Crippen LogP contribution in [0.15, 0.2) is 36.4 Å². The van der Waals surface area contributed by atoms with E-state index in [1.807, 2.05) is 24.3 Å². The van der Waals surface area contributed by atoms with Gasteiger partial charge in [0.2, 0.25) is 0 Å². The second-order valence-corrected chi connectivity index (χ2v) is 8.45. The summed E-state index contributed by atoms with van der Waals surface area (Å²) < 4.78 is 0. The molecule has 3 rings (SSSR count). The SMILES string of the molecule is O=C1C[C@@H](c2ccc(Cl)c(Cl)c2)S[C@H](c2ccc(Cl)c(Cl)c2)C1. The Kier molecular flexibility index (Phi) is 5.49. The van der Waals surface area contributed by atoms with Crippen molar-refractivity contribution in [2.75, 3.05) is 0 Å². The molecule has 0 saturated carbocycles. The van der Waals surface area contributed by atoms with Gasteiger partial charge in [0.15, 0.2) is 0 Å². The number of benzene rings is 2. The third kappa shape index (κ3) is 4.00. The van der Waals surface area contributed by atoms with Crippen molar-refractivity contribution in [2.24, 2.45) is 0 Å². The maximum Gasteiger partial charge on any atom is 0.135 e. The van der Waals surface area contributed by atoms with Crippen molar-refractivity contribution < 1.29 is 4.79 Å². The average Bonchev–Trinajstić information content (AvgIpc) is 2.52. The Bertz CT molecular complexity index is 701. The molecule has 0 unspecified atom stereocenters. The van der Waals surface area contributed by atoms with Crippen molar-refractivity contribution in [3.8, 4) is 0 Å². The molecule has 1 nitrogen and oxygen atoms in total. The molecule has 2 aromatic carbocycles. The smallest absolute Gasteiger partial charge is 0.135 e. The first-order chi connectivity index (χ1) is 10.9. The van der Waals surface area contributed by atoms with Crippen LogP contribution in [0.4, 0.5) is 0 Å². The molecule has 1 heterocycles. The van der Waals surface area contributed by atoms with E-state index in [1.165, 1.54) is 0 Å². The maximum absolute atomic E-state index is 12.2. The molecule has 0 radical (unpaired) electrons. The Balaban J connectivity index is 1.87. The Labute approximate surface area is 159 Å². The zero-order valence-corrected chi connectivity index (χ0v) is 15.7. The number of carbonyl (C=O) groups is 1. The molecule has 0 amide bonds. The van der Waals surface area contributed by atoms with Crippen LogP contribution < -0.4 is 0 Å². The van der Waals surface area contributed by atoms with E-state index in [0.717, 1.165) is 11.1 Å². The van der Waals surface area contributed by atoms with Crippen molar-refractivity contribution in [1.82, 2.24) is 0 Å². The summed E-state index contributed by atoms with van der Waals surface area (Å²) in [7, 11) is 0. The highest BCUT2D eigenvalue weighted by Gasteiger charge is 2.30. The summed E-state index contributed by atoms with van der Waals surface area (Å²) in [6.45, 7) is 0. The molecule has 0 aliphatic carbocycles. The summed E-state index contributed by atoms with van der Waals surface area (Å²) in [5.41, 5.74) is 2.03. The van der Waals surface area contributed by atoms with E-state index in [4.69, 9.17) is 46.4 Å². The molecule has 1 aliphatic rings. The molecule has 0 N–H and O–H groups in total. The Morgan fingerprint density at radius 1 is 0.739 bits per heavy atom. The van der Waals surface area contributed by atoms with Crippen molar-refractivity contribution in [3.05, 3.63) is 67.6 Å². The summed E-state index contributed by atoms with van der Waals surface area (Å²) in [4.78, 5) is 12.2. The molecule has 1 fully saturated rings. The Hall–Kier alpha value is -0.380. The number of thioether (sulfide) groups is 1. The first kappa shape index (κ1) is 17.4. The normalized spacial score (nSPS) is 21.5. The fourth-order valence-corrected chi connectivity index (χ4v) is 4.79. The predicted octanol–water partition coefficient (Wildman–Crippen LogP) is 7.18. The molecule has 2 atom stereocenters. The van der Waals surface area contributed by atoms with E-state index >= 15 is 0 Å². The monoisotopic (exact) mass is 404 g/mol. The van der Waals surface area contributed by atoms with Crippen LogP contribution in [0, 0.1) is 0 Å². The lowest BCUT2D eigenvalue weighted by atomic mass is 10.0. The largest absolute Gasteiger partial charge is 0.300 e. The molecule has 0 bridgehead atoms. The van der Waals surface area contributed by atoms with E-state index in [2.05, 4.69) is 0 Å². The van der Waals surface area contributed by atoms with Gasteiger partial charge in [0.25, 0.3) is 0 Å².